The van der Waals surface area contributed by atoms with Crippen molar-refractivity contribution in [3.05, 3.63) is 42.2 Å². The van der Waals surface area contributed by atoms with Gasteiger partial charge >= 0.3 is 6.03 Å². The molecule has 0 radical (unpaired) electrons. The Bertz CT molecular complexity index is 669. The molecule has 1 atom stereocenters. The van der Waals surface area contributed by atoms with Gasteiger partial charge in [0, 0.05) is 38.3 Å². The van der Waals surface area contributed by atoms with Crippen molar-refractivity contribution in [3.8, 4) is 0 Å². The SMILES string of the molecule is O=C(N1CC[C@H](c2cn[nH]c2)C1)N1CCNc2ccccc21. The van der Waals surface area contributed by atoms with E-state index in [4.69, 9.17) is 0 Å². The summed E-state index contributed by atoms with van der Waals surface area (Å²) >= 11 is 0. The van der Waals surface area contributed by atoms with Crippen molar-refractivity contribution in [3.63, 3.8) is 0 Å². The first-order valence-corrected chi connectivity index (χ1v) is 7.71. The molecule has 0 spiro atoms. The number of nitrogens with zero attached hydrogens (tertiary/aromatic N) is 3. The van der Waals surface area contributed by atoms with Gasteiger partial charge in [0.15, 0.2) is 0 Å². The molecule has 22 heavy (non-hydrogen) atoms. The number of para-hydroxylation sites is 2. The van der Waals surface area contributed by atoms with Crippen molar-refractivity contribution < 1.29 is 4.79 Å². The number of fused-ring (bicyclic) bond motifs is 1. The fourth-order valence-electron chi connectivity index (χ4n) is 3.34. The van der Waals surface area contributed by atoms with E-state index in [1.165, 1.54) is 5.56 Å². The van der Waals surface area contributed by atoms with E-state index in [-0.39, 0.29) is 6.03 Å². The highest BCUT2D eigenvalue weighted by Gasteiger charge is 2.32. The number of aromatic nitrogens is 2. The van der Waals surface area contributed by atoms with Crippen molar-refractivity contribution in [2.24, 2.45) is 0 Å². The Morgan fingerprint density at radius 1 is 1.27 bits per heavy atom. The Kier molecular flexibility index (Phi) is 3.21. The minimum absolute atomic E-state index is 0.111. The lowest BCUT2D eigenvalue weighted by atomic mass is 10.0. The van der Waals surface area contributed by atoms with Crippen molar-refractivity contribution in [1.29, 1.82) is 0 Å². The number of nitrogens with one attached hydrogen (secondary N) is 2. The van der Waals surface area contributed by atoms with Gasteiger partial charge in [-0.25, -0.2) is 4.79 Å². The number of likely N-dealkylation sites (tertiary alicyclic amines) is 1. The van der Waals surface area contributed by atoms with Crippen LogP contribution in [0.5, 0.6) is 0 Å². The zero-order valence-corrected chi connectivity index (χ0v) is 12.3. The van der Waals surface area contributed by atoms with Gasteiger partial charge in [-0.3, -0.25) is 10.00 Å². The summed E-state index contributed by atoms with van der Waals surface area (Å²) < 4.78 is 0. The molecule has 1 aromatic carbocycles. The fraction of sp³-hybridized carbons (Fsp3) is 0.375. The van der Waals surface area contributed by atoms with Crippen LogP contribution >= 0.6 is 0 Å². The number of aromatic amines is 1. The lowest BCUT2D eigenvalue weighted by molar-refractivity contribution is 0.215. The standard InChI is InChI=1S/C16H19N5O/c22-16(20-7-5-12(11-20)13-9-18-19-10-13)21-8-6-17-14-3-1-2-4-15(14)21/h1-4,9-10,12,17H,5-8,11H2,(H,18,19)/t12-/m0/s1. The summed E-state index contributed by atoms with van der Waals surface area (Å²) in [6.45, 7) is 3.08. The maximum atomic E-state index is 12.9. The van der Waals surface area contributed by atoms with E-state index in [9.17, 15) is 4.79 Å². The maximum Gasteiger partial charge on any atom is 0.324 e. The quantitative estimate of drug-likeness (QED) is 0.848. The van der Waals surface area contributed by atoms with E-state index in [2.05, 4.69) is 15.5 Å². The van der Waals surface area contributed by atoms with Crippen LogP contribution in [0.25, 0.3) is 0 Å². The third-order valence-electron chi connectivity index (χ3n) is 4.53. The van der Waals surface area contributed by atoms with Gasteiger partial charge in [-0.1, -0.05) is 12.1 Å². The van der Waals surface area contributed by atoms with Gasteiger partial charge in [0.05, 0.1) is 17.6 Å². The molecule has 0 aliphatic carbocycles. The molecule has 2 amide bonds. The molecule has 0 unspecified atom stereocenters. The molecule has 1 aromatic heterocycles. The van der Waals surface area contributed by atoms with E-state index in [1.54, 1.807) is 0 Å². The molecule has 2 aromatic rings. The van der Waals surface area contributed by atoms with Gasteiger partial charge in [0.25, 0.3) is 0 Å². The van der Waals surface area contributed by atoms with Gasteiger partial charge in [-0.05, 0) is 24.1 Å². The molecular formula is C16H19N5O. The summed E-state index contributed by atoms with van der Waals surface area (Å²) in [5.74, 6) is 0.390. The Morgan fingerprint density at radius 2 is 2.18 bits per heavy atom. The van der Waals surface area contributed by atoms with Gasteiger partial charge in [-0.2, -0.15) is 5.10 Å². The van der Waals surface area contributed by atoms with Gasteiger partial charge in [0.1, 0.15) is 0 Å². The normalized spacial score (nSPS) is 20.6. The molecule has 0 saturated carbocycles. The number of amides is 2. The van der Waals surface area contributed by atoms with E-state index in [0.29, 0.717) is 12.5 Å². The minimum Gasteiger partial charge on any atom is -0.382 e. The summed E-state index contributed by atoms with van der Waals surface area (Å²) in [6.07, 6.45) is 4.79. The second-order valence-corrected chi connectivity index (χ2v) is 5.84. The van der Waals surface area contributed by atoms with Gasteiger partial charge < -0.3 is 10.2 Å². The number of carbonyl (C=O) groups excluding carboxylic acids is 1. The molecular weight excluding hydrogens is 278 g/mol. The highest BCUT2D eigenvalue weighted by molar-refractivity contribution is 5.96. The van der Waals surface area contributed by atoms with Crippen molar-refractivity contribution in [2.45, 2.75) is 12.3 Å². The van der Waals surface area contributed by atoms with E-state index < -0.39 is 0 Å². The van der Waals surface area contributed by atoms with Crippen LogP contribution in [0.2, 0.25) is 0 Å². The summed E-state index contributed by atoms with van der Waals surface area (Å²) in [5, 5.41) is 10.2. The molecule has 1 saturated heterocycles. The van der Waals surface area contributed by atoms with E-state index >= 15 is 0 Å². The van der Waals surface area contributed by atoms with Crippen LogP contribution in [0.4, 0.5) is 16.2 Å². The number of H-pyrrole nitrogens is 1. The van der Waals surface area contributed by atoms with E-state index in [1.807, 2.05) is 46.5 Å². The molecule has 114 valence electrons. The summed E-state index contributed by atoms with van der Waals surface area (Å²) in [4.78, 5) is 16.7. The Morgan fingerprint density at radius 3 is 3.05 bits per heavy atom. The topological polar surface area (TPSA) is 64.3 Å². The van der Waals surface area contributed by atoms with Crippen LogP contribution in [0.3, 0.4) is 0 Å². The lowest BCUT2D eigenvalue weighted by Crippen LogP contribution is -2.46. The van der Waals surface area contributed by atoms with Crippen LogP contribution in [-0.2, 0) is 0 Å². The second kappa shape index (κ2) is 5.36. The van der Waals surface area contributed by atoms with Crippen LogP contribution in [0, 0.1) is 0 Å². The third-order valence-corrected chi connectivity index (χ3v) is 4.53. The maximum absolute atomic E-state index is 12.9. The first-order chi connectivity index (χ1) is 10.8. The van der Waals surface area contributed by atoms with Gasteiger partial charge in [0.2, 0.25) is 0 Å². The highest BCUT2D eigenvalue weighted by atomic mass is 16.2. The molecule has 6 heteroatoms. The monoisotopic (exact) mass is 297 g/mol. The van der Waals surface area contributed by atoms with Crippen LogP contribution in [0.15, 0.2) is 36.7 Å². The molecule has 6 nitrogen and oxygen atoms in total. The Hall–Kier alpha value is -2.50. The molecule has 2 aliphatic rings. The number of hydrogen-bond acceptors (Lipinski definition) is 3. The number of rotatable bonds is 1. The summed E-state index contributed by atoms with van der Waals surface area (Å²) in [5.41, 5.74) is 3.20. The van der Waals surface area contributed by atoms with Crippen molar-refractivity contribution in [1.82, 2.24) is 15.1 Å². The lowest BCUT2D eigenvalue weighted by Gasteiger charge is -2.33. The molecule has 0 bridgehead atoms. The molecule has 1 fully saturated rings. The first-order valence-electron chi connectivity index (χ1n) is 7.71. The third kappa shape index (κ3) is 2.20. The zero-order chi connectivity index (χ0) is 14.9. The first kappa shape index (κ1) is 13.2. The molecule has 3 heterocycles. The highest BCUT2D eigenvalue weighted by Crippen LogP contribution is 2.32. The number of urea groups is 1. The average Bonchev–Trinajstić information content (AvgIpc) is 3.24. The van der Waals surface area contributed by atoms with Crippen LogP contribution < -0.4 is 10.2 Å². The molecule has 2 aliphatic heterocycles. The number of carbonyl (C=O) groups is 1. The van der Waals surface area contributed by atoms with E-state index in [0.717, 1.165) is 37.4 Å². The Labute approximate surface area is 129 Å². The van der Waals surface area contributed by atoms with Crippen molar-refractivity contribution in [2.75, 3.05) is 36.4 Å². The number of hydrogen-bond donors (Lipinski definition) is 2. The second-order valence-electron chi connectivity index (χ2n) is 5.84. The number of benzene rings is 1. The predicted octanol–water partition coefficient (Wildman–Crippen LogP) is 2.25. The minimum atomic E-state index is 0.111. The average molecular weight is 297 g/mol. The molecule has 4 rings (SSSR count). The Balaban J connectivity index is 1.51. The predicted molar refractivity (Wildman–Crippen MR) is 85.2 cm³/mol. The number of anilines is 2. The van der Waals surface area contributed by atoms with Crippen LogP contribution in [-0.4, -0.2) is 47.3 Å². The largest absolute Gasteiger partial charge is 0.382 e. The van der Waals surface area contributed by atoms with Crippen LogP contribution in [0.1, 0.15) is 17.9 Å². The summed E-state index contributed by atoms with van der Waals surface area (Å²) in [6, 6.07) is 8.10. The fourth-order valence-corrected chi connectivity index (χ4v) is 3.34. The summed E-state index contributed by atoms with van der Waals surface area (Å²) in [7, 11) is 0. The van der Waals surface area contributed by atoms with Gasteiger partial charge in [-0.15, -0.1) is 0 Å². The van der Waals surface area contributed by atoms with Crippen molar-refractivity contribution >= 4 is 17.4 Å². The smallest absolute Gasteiger partial charge is 0.324 e. The molecule has 2 N–H and O–H groups in total. The zero-order valence-electron chi connectivity index (χ0n) is 12.3.